The van der Waals surface area contributed by atoms with E-state index in [2.05, 4.69) is 78.8 Å². The molecule has 33 heavy (non-hydrogen) atoms. The van der Waals surface area contributed by atoms with Crippen molar-refractivity contribution >= 4 is 29.4 Å². The third-order valence-electron chi connectivity index (χ3n) is 5.62. The average molecular weight is 442 g/mol. The molecule has 0 unspecified atom stereocenters. The topological polar surface area (TPSA) is 97.9 Å². The Morgan fingerprint density at radius 1 is 0.818 bits per heavy atom. The summed E-state index contributed by atoms with van der Waals surface area (Å²) in [5.74, 6) is 2.22. The molecule has 5 rings (SSSR count). The van der Waals surface area contributed by atoms with Crippen molar-refractivity contribution in [3.63, 3.8) is 0 Å². The monoisotopic (exact) mass is 441 g/mol. The van der Waals surface area contributed by atoms with E-state index in [1.807, 2.05) is 36.4 Å². The molecule has 0 radical (unpaired) electrons. The van der Waals surface area contributed by atoms with Crippen molar-refractivity contribution in [2.24, 2.45) is 0 Å². The van der Waals surface area contributed by atoms with E-state index in [1.165, 1.54) is 5.56 Å². The molecule has 168 valence electrons. The van der Waals surface area contributed by atoms with Crippen LogP contribution in [0.15, 0.2) is 60.7 Å². The summed E-state index contributed by atoms with van der Waals surface area (Å²) in [7, 11) is 2.13. The minimum absolute atomic E-state index is 0.444. The predicted octanol–water partition coefficient (Wildman–Crippen LogP) is 3.81. The van der Waals surface area contributed by atoms with E-state index < -0.39 is 0 Å². The number of likely N-dealkylation sites (N-methyl/N-ethyl adjacent to an activating group) is 1. The molecule has 0 atom stereocenters. The van der Waals surface area contributed by atoms with Crippen LogP contribution < -0.4 is 15.5 Å². The van der Waals surface area contributed by atoms with Gasteiger partial charge in [-0.2, -0.15) is 20.1 Å². The molecular weight excluding hydrogens is 414 g/mol. The molecule has 0 amide bonds. The van der Waals surface area contributed by atoms with Gasteiger partial charge >= 0.3 is 0 Å². The molecule has 2 aromatic carbocycles. The fraction of sp³-hybridized carbons (Fsp3) is 0.250. The SMILES string of the molecule is Cc1ccc(-c2cc(Nc3nc(Nc4ccccc4)nc(N4CCN(C)CC4)n3)n[nH]2)cc1. The lowest BCUT2D eigenvalue weighted by molar-refractivity contribution is 0.311. The van der Waals surface area contributed by atoms with Crippen LogP contribution in [0.2, 0.25) is 0 Å². The second kappa shape index (κ2) is 9.25. The highest BCUT2D eigenvalue weighted by molar-refractivity contribution is 5.65. The summed E-state index contributed by atoms with van der Waals surface area (Å²) in [6.07, 6.45) is 0. The lowest BCUT2D eigenvalue weighted by Crippen LogP contribution is -2.45. The largest absolute Gasteiger partial charge is 0.338 e. The van der Waals surface area contributed by atoms with Crippen LogP contribution in [0.1, 0.15) is 5.56 Å². The molecule has 1 fully saturated rings. The van der Waals surface area contributed by atoms with Crippen LogP contribution in [0.25, 0.3) is 11.3 Å². The van der Waals surface area contributed by atoms with E-state index in [-0.39, 0.29) is 0 Å². The molecule has 1 aliphatic rings. The number of H-pyrrole nitrogens is 1. The molecule has 0 aliphatic carbocycles. The molecule has 4 aromatic rings. The number of aromatic nitrogens is 5. The van der Waals surface area contributed by atoms with Crippen molar-refractivity contribution in [2.75, 3.05) is 48.8 Å². The first-order chi connectivity index (χ1) is 16.1. The van der Waals surface area contributed by atoms with E-state index in [9.17, 15) is 0 Å². The van der Waals surface area contributed by atoms with Crippen LogP contribution in [-0.4, -0.2) is 63.3 Å². The van der Waals surface area contributed by atoms with Crippen LogP contribution in [0.5, 0.6) is 0 Å². The number of aryl methyl sites for hydroxylation is 1. The third kappa shape index (κ3) is 5.09. The Kier molecular flexibility index (Phi) is 5.86. The fourth-order valence-corrected chi connectivity index (χ4v) is 3.66. The van der Waals surface area contributed by atoms with E-state index >= 15 is 0 Å². The van der Waals surface area contributed by atoms with Gasteiger partial charge in [-0.25, -0.2) is 0 Å². The van der Waals surface area contributed by atoms with Gasteiger partial charge in [-0.3, -0.25) is 5.10 Å². The minimum Gasteiger partial charge on any atom is -0.338 e. The van der Waals surface area contributed by atoms with Gasteiger partial charge < -0.3 is 20.4 Å². The Hall–Kier alpha value is -3.98. The second-order valence-electron chi connectivity index (χ2n) is 8.22. The molecule has 2 aromatic heterocycles. The molecule has 0 spiro atoms. The van der Waals surface area contributed by atoms with Gasteiger partial charge in [-0.1, -0.05) is 48.0 Å². The Morgan fingerprint density at radius 3 is 2.24 bits per heavy atom. The maximum Gasteiger partial charge on any atom is 0.235 e. The molecule has 1 saturated heterocycles. The van der Waals surface area contributed by atoms with Crippen LogP contribution in [0.3, 0.4) is 0 Å². The van der Waals surface area contributed by atoms with Crippen molar-refractivity contribution in [2.45, 2.75) is 6.92 Å². The van der Waals surface area contributed by atoms with Crippen LogP contribution >= 0.6 is 0 Å². The number of nitrogens with one attached hydrogen (secondary N) is 3. The van der Waals surface area contributed by atoms with Crippen molar-refractivity contribution in [3.05, 3.63) is 66.2 Å². The number of aromatic amines is 1. The van der Waals surface area contributed by atoms with E-state index in [0.29, 0.717) is 23.7 Å². The molecule has 1 aliphatic heterocycles. The number of hydrogen-bond donors (Lipinski definition) is 3. The summed E-state index contributed by atoms with van der Waals surface area (Å²) in [5, 5.41) is 14.0. The van der Waals surface area contributed by atoms with Crippen LogP contribution in [0.4, 0.5) is 29.4 Å². The van der Waals surface area contributed by atoms with Gasteiger partial charge in [-0.15, -0.1) is 0 Å². The van der Waals surface area contributed by atoms with Gasteiger partial charge in [0, 0.05) is 37.9 Å². The van der Waals surface area contributed by atoms with E-state index in [0.717, 1.165) is 43.1 Å². The van der Waals surface area contributed by atoms with Crippen LogP contribution in [0, 0.1) is 6.92 Å². The fourth-order valence-electron chi connectivity index (χ4n) is 3.66. The van der Waals surface area contributed by atoms with E-state index in [4.69, 9.17) is 4.98 Å². The van der Waals surface area contributed by atoms with Crippen molar-refractivity contribution in [1.82, 2.24) is 30.0 Å². The van der Waals surface area contributed by atoms with E-state index in [1.54, 1.807) is 0 Å². The van der Waals surface area contributed by atoms with Gasteiger partial charge in [0.2, 0.25) is 17.8 Å². The first-order valence-electron chi connectivity index (χ1n) is 11.0. The maximum atomic E-state index is 4.69. The highest BCUT2D eigenvalue weighted by Crippen LogP contribution is 2.23. The highest BCUT2D eigenvalue weighted by atomic mass is 15.4. The van der Waals surface area contributed by atoms with Gasteiger partial charge in [-0.05, 0) is 31.7 Å². The number of piperazine rings is 1. The Morgan fingerprint density at radius 2 is 1.52 bits per heavy atom. The third-order valence-corrected chi connectivity index (χ3v) is 5.62. The standard InChI is InChI=1S/C24H27N9/c1-17-8-10-18(11-9-17)20-16-21(31-30-20)26-23-27-22(25-19-6-4-3-5-7-19)28-24(29-23)33-14-12-32(2)13-15-33/h3-11,16H,12-15H2,1-2H3,(H3,25,26,27,28,29,30,31). The number of para-hydroxylation sites is 1. The summed E-state index contributed by atoms with van der Waals surface area (Å²) < 4.78 is 0. The molecular formula is C24H27N9. The highest BCUT2D eigenvalue weighted by Gasteiger charge is 2.19. The van der Waals surface area contributed by atoms with Crippen molar-refractivity contribution < 1.29 is 0 Å². The second-order valence-corrected chi connectivity index (χ2v) is 8.22. The van der Waals surface area contributed by atoms with Gasteiger partial charge in [0.1, 0.15) is 0 Å². The Labute approximate surface area is 192 Å². The molecule has 0 bridgehead atoms. The summed E-state index contributed by atoms with van der Waals surface area (Å²) in [6.45, 7) is 5.74. The molecule has 9 heteroatoms. The number of anilines is 5. The normalized spacial score (nSPS) is 14.3. The smallest absolute Gasteiger partial charge is 0.235 e. The molecule has 9 nitrogen and oxygen atoms in total. The maximum absolute atomic E-state index is 4.69. The molecule has 3 heterocycles. The van der Waals surface area contributed by atoms with Gasteiger partial charge in [0.05, 0.1) is 5.69 Å². The minimum atomic E-state index is 0.444. The number of rotatable bonds is 6. The van der Waals surface area contributed by atoms with Gasteiger partial charge in [0.15, 0.2) is 5.82 Å². The number of benzene rings is 2. The Bertz CT molecular complexity index is 1200. The van der Waals surface area contributed by atoms with Gasteiger partial charge in [0.25, 0.3) is 0 Å². The predicted molar refractivity (Wildman–Crippen MR) is 131 cm³/mol. The number of hydrogen-bond acceptors (Lipinski definition) is 8. The lowest BCUT2D eigenvalue weighted by Gasteiger charge is -2.32. The molecule has 3 N–H and O–H groups in total. The van der Waals surface area contributed by atoms with Crippen molar-refractivity contribution in [3.8, 4) is 11.3 Å². The zero-order valence-corrected chi connectivity index (χ0v) is 18.8. The Balaban J connectivity index is 1.41. The van der Waals surface area contributed by atoms with Crippen LogP contribution in [-0.2, 0) is 0 Å². The summed E-state index contributed by atoms with van der Waals surface area (Å²) >= 11 is 0. The molecule has 0 saturated carbocycles. The average Bonchev–Trinajstić information content (AvgIpc) is 3.29. The first kappa shape index (κ1) is 20.9. The quantitative estimate of drug-likeness (QED) is 0.416. The zero-order valence-electron chi connectivity index (χ0n) is 18.8. The summed E-state index contributed by atoms with van der Waals surface area (Å²) in [4.78, 5) is 18.5. The summed E-state index contributed by atoms with van der Waals surface area (Å²) in [5.41, 5.74) is 4.13. The first-order valence-corrected chi connectivity index (χ1v) is 11.0. The summed E-state index contributed by atoms with van der Waals surface area (Å²) in [6, 6.07) is 20.1. The number of nitrogens with zero attached hydrogens (tertiary/aromatic N) is 6. The van der Waals surface area contributed by atoms with Crippen molar-refractivity contribution in [1.29, 1.82) is 0 Å². The lowest BCUT2D eigenvalue weighted by atomic mass is 10.1. The zero-order chi connectivity index (χ0) is 22.6.